The van der Waals surface area contributed by atoms with Gasteiger partial charge in [-0.15, -0.1) is 0 Å². The van der Waals surface area contributed by atoms with Crippen molar-refractivity contribution in [2.24, 2.45) is 0 Å². The molecule has 1 amide bonds. The van der Waals surface area contributed by atoms with Crippen molar-refractivity contribution in [2.75, 3.05) is 26.6 Å². The second-order valence-corrected chi connectivity index (χ2v) is 6.20. The number of hydrogen-bond acceptors (Lipinski definition) is 6. The van der Waals surface area contributed by atoms with Crippen molar-refractivity contribution >= 4 is 11.7 Å². The highest BCUT2D eigenvalue weighted by molar-refractivity contribution is 6.06. The average molecular weight is 433 g/mol. The van der Waals surface area contributed by atoms with Crippen LogP contribution in [0.25, 0.3) is 0 Å². The number of alkyl halides is 2. The van der Waals surface area contributed by atoms with Crippen molar-refractivity contribution in [3.63, 3.8) is 0 Å². The van der Waals surface area contributed by atoms with E-state index in [1.807, 2.05) is 12.1 Å². The molecule has 0 saturated carbocycles. The monoisotopic (exact) mass is 433 g/mol. The lowest BCUT2D eigenvalue weighted by atomic mass is 10.1. The number of benzene rings is 2. The molecule has 0 aliphatic carbocycles. The molecule has 10 heteroatoms. The van der Waals surface area contributed by atoms with Crippen molar-refractivity contribution < 1.29 is 32.5 Å². The van der Waals surface area contributed by atoms with Crippen molar-refractivity contribution in [1.82, 2.24) is 9.78 Å². The number of aromatic nitrogens is 2. The Morgan fingerprint density at radius 2 is 1.68 bits per heavy atom. The molecule has 31 heavy (non-hydrogen) atoms. The van der Waals surface area contributed by atoms with Crippen LogP contribution < -0.4 is 24.3 Å². The van der Waals surface area contributed by atoms with E-state index in [2.05, 4.69) is 15.2 Å². The molecule has 0 fully saturated rings. The number of amides is 1. The minimum Gasteiger partial charge on any atom is -0.493 e. The van der Waals surface area contributed by atoms with Crippen LogP contribution in [-0.2, 0) is 6.54 Å². The molecule has 8 nitrogen and oxygen atoms in total. The fraction of sp³-hybridized carbons (Fsp3) is 0.238. The summed E-state index contributed by atoms with van der Waals surface area (Å²) in [6.45, 7) is -2.85. The first-order valence-corrected chi connectivity index (χ1v) is 9.13. The maximum atomic E-state index is 12.9. The molecule has 1 heterocycles. The maximum absolute atomic E-state index is 12.9. The highest BCUT2D eigenvalue weighted by atomic mass is 19.3. The van der Waals surface area contributed by atoms with Crippen LogP contribution in [0.2, 0.25) is 0 Å². The Hall–Kier alpha value is -3.82. The summed E-state index contributed by atoms with van der Waals surface area (Å²) in [7, 11) is 4.36. The standard InChI is InChI=1S/C21H21F2N3O5/c1-28-15-8-4-6-13(18(15)30-3)12-26-17(10-11-24-26)25-20(27)14-7-5-9-16(29-2)19(14)31-21(22)23/h4-11,21H,12H2,1-3H3,(H,25,27). The molecule has 0 bridgehead atoms. The number of halogens is 2. The summed E-state index contributed by atoms with van der Waals surface area (Å²) in [6, 6.07) is 11.3. The third-order valence-electron chi connectivity index (χ3n) is 4.41. The van der Waals surface area contributed by atoms with Crippen molar-refractivity contribution in [3.05, 3.63) is 59.8 Å². The molecule has 3 rings (SSSR count). The lowest BCUT2D eigenvalue weighted by Crippen LogP contribution is -2.18. The fourth-order valence-electron chi connectivity index (χ4n) is 3.05. The normalized spacial score (nSPS) is 10.6. The second kappa shape index (κ2) is 9.79. The lowest BCUT2D eigenvalue weighted by Gasteiger charge is -2.16. The Morgan fingerprint density at radius 3 is 2.32 bits per heavy atom. The molecule has 164 valence electrons. The summed E-state index contributed by atoms with van der Waals surface area (Å²) in [4.78, 5) is 12.8. The van der Waals surface area contributed by atoms with Gasteiger partial charge in [0.05, 0.1) is 39.6 Å². The number of methoxy groups -OCH3 is 3. The molecule has 0 atom stereocenters. The van der Waals surface area contributed by atoms with Crippen molar-refractivity contribution in [2.45, 2.75) is 13.2 Å². The summed E-state index contributed by atoms with van der Waals surface area (Å²) >= 11 is 0. The van der Waals surface area contributed by atoms with Crippen LogP contribution in [0, 0.1) is 0 Å². The molecule has 0 unspecified atom stereocenters. The summed E-state index contributed by atoms with van der Waals surface area (Å²) in [5.41, 5.74) is 0.663. The number of rotatable bonds is 9. The molecule has 1 N–H and O–H groups in total. The molecule has 1 aromatic heterocycles. The molecular formula is C21H21F2N3O5. The zero-order valence-corrected chi connectivity index (χ0v) is 17.1. The number of ether oxygens (including phenoxy) is 4. The van der Waals surface area contributed by atoms with Gasteiger partial charge in [-0.2, -0.15) is 13.9 Å². The van der Waals surface area contributed by atoms with Gasteiger partial charge in [0.1, 0.15) is 5.82 Å². The zero-order chi connectivity index (χ0) is 22.4. The molecular weight excluding hydrogens is 412 g/mol. The smallest absolute Gasteiger partial charge is 0.387 e. The molecule has 2 aromatic carbocycles. The predicted molar refractivity (Wildman–Crippen MR) is 108 cm³/mol. The van der Waals surface area contributed by atoms with Crippen LogP contribution in [0.1, 0.15) is 15.9 Å². The van der Waals surface area contributed by atoms with Gasteiger partial charge < -0.3 is 24.3 Å². The Labute approximate surface area is 177 Å². The van der Waals surface area contributed by atoms with E-state index in [9.17, 15) is 13.6 Å². The van der Waals surface area contributed by atoms with Gasteiger partial charge in [0.2, 0.25) is 0 Å². The zero-order valence-electron chi connectivity index (χ0n) is 17.1. The number of carbonyl (C=O) groups excluding carboxylic acids is 1. The topological polar surface area (TPSA) is 83.8 Å². The van der Waals surface area contributed by atoms with Gasteiger partial charge in [-0.3, -0.25) is 4.79 Å². The molecule has 0 saturated heterocycles. The minimum absolute atomic E-state index is 0.0163. The summed E-state index contributed by atoms with van der Waals surface area (Å²) in [5, 5.41) is 6.89. The van der Waals surface area contributed by atoms with E-state index in [0.29, 0.717) is 17.3 Å². The fourth-order valence-corrected chi connectivity index (χ4v) is 3.05. The number of para-hydroxylation sites is 2. The number of nitrogens with one attached hydrogen (secondary N) is 1. The second-order valence-electron chi connectivity index (χ2n) is 6.20. The highest BCUT2D eigenvalue weighted by Crippen LogP contribution is 2.34. The van der Waals surface area contributed by atoms with Gasteiger partial charge in [-0.25, -0.2) is 4.68 Å². The summed E-state index contributed by atoms with van der Waals surface area (Å²) < 4.78 is 47.5. The van der Waals surface area contributed by atoms with E-state index in [0.717, 1.165) is 5.56 Å². The van der Waals surface area contributed by atoms with Gasteiger partial charge >= 0.3 is 6.61 Å². The van der Waals surface area contributed by atoms with Gasteiger partial charge in [0, 0.05) is 11.6 Å². The highest BCUT2D eigenvalue weighted by Gasteiger charge is 2.21. The Bertz CT molecular complexity index is 1060. The molecule has 0 aliphatic heterocycles. The number of carbonyl (C=O) groups is 1. The minimum atomic E-state index is -3.12. The van der Waals surface area contributed by atoms with Crippen molar-refractivity contribution in [1.29, 1.82) is 0 Å². The van der Waals surface area contributed by atoms with E-state index in [4.69, 9.17) is 14.2 Å². The first kappa shape index (κ1) is 21.9. The Kier molecular flexibility index (Phi) is 6.91. The number of hydrogen-bond donors (Lipinski definition) is 1. The SMILES string of the molecule is COc1cccc(Cn2nccc2NC(=O)c2cccc(OC)c2OC(F)F)c1OC. The Balaban J connectivity index is 1.87. The molecule has 0 aliphatic rings. The van der Waals surface area contributed by atoms with E-state index in [1.54, 1.807) is 12.1 Å². The van der Waals surface area contributed by atoms with Gasteiger partial charge in [-0.05, 0) is 18.2 Å². The van der Waals surface area contributed by atoms with E-state index in [1.165, 1.54) is 50.4 Å². The maximum Gasteiger partial charge on any atom is 0.387 e. The van der Waals surface area contributed by atoms with Gasteiger partial charge in [0.15, 0.2) is 23.0 Å². The third-order valence-corrected chi connectivity index (χ3v) is 4.41. The Morgan fingerprint density at radius 1 is 1.00 bits per heavy atom. The number of anilines is 1. The van der Waals surface area contributed by atoms with Crippen molar-refractivity contribution in [3.8, 4) is 23.0 Å². The summed E-state index contributed by atoms with van der Waals surface area (Å²) in [5.74, 6) is 0.455. The van der Waals surface area contributed by atoms with Gasteiger partial charge in [-0.1, -0.05) is 18.2 Å². The number of nitrogens with zero attached hydrogens (tertiary/aromatic N) is 2. The van der Waals surface area contributed by atoms with Crippen LogP contribution in [0.5, 0.6) is 23.0 Å². The van der Waals surface area contributed by atoms with E-state index < -0.39 is 12.5 Å². The third kappa shape index (κ3) is 4.85. The molecule has 0 radical (unpaired) electrons. The van der Waals surface area contributed by atoms with Crippen LogP contribution >= 0.6 is 0 Å². The largest absolute Gasteiger partial charge is 0.493 e. The van der Waals surface area contributed by atoms with E-state index >= 15 is 0 Å². The first-order valence-electron chi connectivity index (χ1n) is 9.13. The molecule has 0 spiro atoms. The predicted octanol–water partition coefficient (Wildman–Crippen LogP) is 3.81. The quantitative estimate of drug-likeness (QED) is 0.553. The summed E-state index contributed by atoms with van der Waals surface area (Å²) in [6.07, 6.45) is 1.50. The van der Waals surface area contributed by atoms with Crippen LogP contribution in [-0.4, -0.2) is 43.6 Å². The first-order chi connectivity index (χ1) is 15.0. The van der Waals surface area contributed by atoms with Gasteiger partial charge in [0.25, 0.3) is 5.91 Å². The average Bonchev–Trinajstić information content (AvgIpc) is 3.19. The van der Waals surface area contributed by atoms with E-state index in [-0.39, 0.29) is 23.6 Å². The molecule has 3 aromatic rings. The van der Waals surface area contributed by atoms with Crippen LogP contribution in [0.15, 0.2) is 48.7 Å². The van der Waals surface area contributed by atoms with Crippen LogP contribution in [0.4, 0.5) is 14.6 Å². The lowest BCUT2D eigenvalue weighted by molar-refractivity contribution is -0.0515. The van der Waals surface area contributed by atoms with Crippen LogP contribution in [0.3, 0.4) is 0 Å².